The van der Waals surface area contributed by atoms with E-state index in [0.29, 0.717) is 18.2 Å². The Morgan fingerprint density at radius 2 is 2.04 bits per heavy atom. The standard InChI is InChI=1S/C18H21F2N3O2/c1-11(2)23-12(3)6-7-22-17(23)9-16(21-18(22)24)25-10-13-4-5-14(19)15(20)8-13/h4-5,8-9,11-12H,6-7,10H2,1-3H3/t12-/m1/s1. The van der Waals surface area contributed by atoms with Crippen LogP contribution in [0.1, 0.15) is 32.8 Å². The second kappa shape index (κ2) is 6.82. The number of rotatable bonds is 4. The molecule has 1 aliphatic rings. The maximum atomic E-state index is 13.3. The second-order valence-corrected chi connectivity index (χ2v) is 6.56. The first-order chi connectivity index (χ1) is 11.9. The van der Waals surface area contributed by atoms with Gasteiger partial charge in [0.15, 0.2) is 11.6 Å². The van der Waals surface area contributed by atoms with Gasteiger partial charge in [-0.25, -0.2) is 13.6 Å². The van der Waals surface area contributed by atoms with Crippen molar-refractivity contribution in [2.24, 2.45) is 0 Å². The predicted molar refractivity (Wildman–Crippen MR) is 90.9 cm³/mol. The van der Waals surface area contributed by atoms with Crippen LogP contribution in [-0.2, 0) is 13.2 Å². The molecule has 1 aromatic carbocycles. The van der Waals surface area contributed by atoms with E-state index in [1.807, 2.05) is 0 Å². The van der Waals surface area contributed by atoms with Crippen molar-refractivity contribution in [1.82, 2.24) is 9.55 Å². The minimum atomic E-state index is -0.931. The van der Waals surface area contributed by atoms with Gasteiger partial charge in [-0.3, -0.25) is 4.57 Å². The van der Waals surface area contributed by atoms with Crippen LogP contribution in [0.4, 0.5) is 14.6 Å². The summed E-state index contributed by atoms with van der Waals surface area (Å²) in [5.74, 6) is -0.885. The van der Waals surface area contributed by atoms with E-state index in [1.165, 1.54) is 6.07 Å². The van der Waals surface area contributed by atoms with E-state index >= 15 is 0 Å². The lowest BCUT2D eigenvalue weighted by Crippen LogP contribution is -2.47. The summed E-state index contributed by atoms with van der Waals surface area (Å²) in [5, 5.41) is 0. The van der Waals surface area contributed by atoms with Gasteiger partial charge in [-0.2, -0.15) is 4.98 Å². The number of hydrogen-bond donors (Lipinski definition) is 0. The third-order valence-electron chi connectivity index (χ3n) is 4.40. The molecule has 0 saturated carbocycles. The Hall–Kier alpha value is -2.44. The quantitative estimate of drug-likeness (QED) is 0.851. The molecule has 25 heavy (non-hydrogen) atoms. The summed E-state index contributed by atoms with van der Waals surface area (Å²) in [4.78, 5) is 18.4. The Morgan fingerprint density at radius 3 is 2.72 bits per heavy atom. The molecule has 7 heteroatoms. The number of ether oxygens (including phenoxy) is 1. The largest absolute Gasteiger partial charge is 0.473 e. The maximum absolute atomic E-state index is 13.3. The summed E-state index contributed by atoms with van der Waals surface area (Å²) in [5.41, 5.74) is 0.0999. The van der Waals surface area contributed by atoms with Gasteiger partial charge in [0.25, 0.3) is 0 Å². The van der Waals surface area contributed by atoms with E-state index < -0.39 is 11.6 Å². The van der Waals surface area contributed by atoms with Gasteiger partial charge in [0.05, 0.1) is 0 Å². The van der Waals surface area contributed by atoms with Crippen molar-refractivity contribution in [2.75, 3.05) is 4.90 Å². The Labute approximate surface area is 144 Å². The van der Waals surface area contributed by atoms with Crippen LogP contribution in [0.3, 0.4) is 0 Å². The number of aromatic nitrogens is 2. The molecule has 5 nitrogen and oxygen atoms in total. The van der Waals surface area contributed by atoms with Gasteiger partial charge < -0.3 is 9.64 Å². The van der Waals surface area contributed by atoms with Gasteiger partial charge in [-0.05, 0) is 44.9 Å². The molecule has 1 atom stereocenters. The topological polar surface area (TPSA) is 47.4 Å². The zero-order valence-corrected chi connectivity index (χ0v) is 14.5. The van der Waals surface area contributed by atoms with E-state index in [1.54, 1.807) is 10.6 Å². The molecule has 0 saturated heterocycles. The van der Waals surface area contributed by atoms with Crippen molar-refractivity contribution in [3.63, 3.8) is 0 Å². The zero-order chi connectivity index (χ0) is 18.1. The lowest BCUT2D eigenvalue weighted by molar-refractivity contribution is 0.288. The van der Waals surface area contributed by atoms with E-state index in [-0.39, 0.29) is 24.2 Å². The summed E-state index contributed by atoms with van der Waals surface area (Å²) in [6.45, 7) is 6.88. The summed E-state index contributed by atoms with van der Waals surface area (Å²) in [6, 6.07) is 5.82. The van der Waals surface area contributed by atoms with Crippen LogP contribution in [0.25, 0.3) is 0 Å². The van der Waals surface area contributed by atoms with Crippen molar-refractivity contribution in [1.29, 1.82) is 0 Å². The van der Waals surface area contributed by atoms with Gasteiger partial charge in [-0.1, -0.05) is 6.07 Å². The van der Waals surface area contributed by atoms with E-state index in [0.717, 1.165) is 24.4 Å². The van der Waals surface area contributed by atoms with E-state index in [4.69, 9.17) is 4.74 Å². The molecule has 0 unspecified atom stereocenters. The van der Waals surface area contributed by atoms with Gasteiger partial charge in [0.1, 0.15) is 12.4 Å². The van der Waals surface area contributed by atoms with Crippen LogP contribution in [0.5, 0.6) is 5.88 Å². The second-order valence-electron chi connectivity index (χ2n) is 6.56. The monoisotopic (exact) mass is 349 g/mol. The molecule has 2 aromatic rings. The van der Waals surface area contributed by atoms with Crippen molar-refractivity contribution in [3.05, 3.63) is 51.9 Å². The first-order valence-corrected chi connectivity index (χ1v) is 8.33. The fourth-order valence-corrected chi connectivity index (χ4v) is 3.21. The summed E-state index contributed by atoms with van der Waals surface area (Å²) in [6.07, 6.45) is 0.877. The van der Waals surface area contributed by atoms with Gasteiger partial charge in [-0.15, -0.1) is 0 Å². The number of benzene rings is 1. The molecule has 0 fully saturated rings. The molecule has 0 N–H and O–H groups in total. The molecule has 1 aromatic heterocycles. The lowest BCUT2D eigenvalue weighted by Gasteiger charge is -2.40. The maximum Gasteiger partial charge on any atom is 0.352 e. The average Bonchev–Trinajstić information content (AvgIpc) is 2.55. The Bertz CT molecular complexity index is 836. The highest BCUT2D eigenvalue weighted by Gasteiger charge is 2.27. The smallest absolute Gasteiger partial charge is 0.352 e. The highest BCUT2D eigenvalue weighted by atomic mass is 19.2. The van der Waals surface area contributed by atoms with Gasteiger partial charge in [0, 0.05) is 24.7 Å². The van der Waals surface area contributed by atoms with Crippen molar-refractivity contribution < 1.29 is 13.5 Å². The van der Waals surface area contributed by atoms with E-state index in [9.17, 15) is 13.6 Å². The minimum Gasteiger partial charge on any atom is -0.473 e. The fraction of sp³-hybridized carbons (Fsp3) is 0.444. The molecule has 0 spiro atoms. The summed E-state index contributed by atoms with van der Waals surface area (Å²) < 4.78 is 33.5. The number of fused-ring (bicyclic) bond motifs is 1. The molecular formula is C18H21F2N3O2. The Balaban J connectivity index is 1.87. The molecule has 0 bridgehead atoms. The van der Waals surface area contributed by atoms with Crippen LogP contribution in [-0.4, -0.2) is 21.6 Å². The molecule has 0 radical (unpaired) electrons. The van der Waals surface area contributed by atoms with Gasteiger partial charge in [0.2, 0.25) is 5.88 Å². The SMILES string of the molecule is CC(C)N1c2cc(OCc3ccc(F)c(F)c3)nc(=O)n2CC[C@H]1C. The minimum absolute atomic E-state index is 0.00429. The fourth-order valence-electron chi connectivity index (χ4n) is 3.21. The zero-order valence-electron chi connectivity index (χ0n) is 14.5. The van der Waals surface area contributed by atoms with Crippen LogP contribution in [0.2, 0.25) is 0 Å². The van der Waals surface area contributed by atoms with Crippen LogP contribution < -0.4 is 15.3 Å². The molecule has 2 heterocycles. The highest BCUT2D eigenvalue weighted by molar-refractivity contribution is 5.45. The molecule has 134 valence electrons. The summed E-state index contributed by atoms with van der Waals surface area (Å²) in [7, 11) is 0. The Morgan fingerprint density at radius 1 is 1.28 bits per heavy atom. The van der Waals surface area contributed by atoms with Crippen LogP contribution >= 0.6 is 0 Å². The normalized spacial score (nSPS) is 16.9. The predicted octanol–water partition coefficient (Wildman–Crippen LogP) is 3.11. The molecule has 0 amide bonds. The lowest BCUT2D eigenvalue weighted by atomic mass is 10.1. The molecule has 3 rings (SSSR count). The van der Waals surface area contributed by atoms with Gasteiger partial charge >= 0.3 is 5.69 Å². The van der Waals surface area contributed by atoms with Crippen molar-refractivity contribution in [2.45, 2.75) is 52.4 Å². The average molecular weight is 349 g/mol. The number of halogens is 2. The first kappa shape index (κ1) is 17.4. The third-order valence-corrected chi connectivity index (χ3v) is 4.40. The summed E-state index contributed by atoms with van der Waals surface area (Å²) >= 11 is 0. The molecule has 0 aliphatic carbocycles. The van der Waals surface area contributed by atoms with Crippen molar-refractivity contribution in [3.8, 4) is 5.88 Å². The molecular weight excluding hydrogens is 328 g/mol. The van der Waals surface area contributed by atoms with Crippen LogP contribution in [0, 0.1) is 11.6 Å². The molecule has 1 aliphatic heterocycles. The number of hydrogen-bond acceptors (Lipinski definition) is 4. The first-order valence-electron chi connectivity index (χ1n) is 8.33. The van der Waals surface area contributed by atoms with E-state index in [2.05, 4.69) is 30.7 Å². The number of anilines is 1. The van der Waals surface area contributed by atoms with Crippen molar-refractivity contribution >= 4 is 5.82 Å². The number of nitrogens with zero attached hydrogens (tertiary/aromatic N) is 3. The van der Waals surface area contributed by atoms with Crippen LogP contribution in [0.15, 0.2) is 29.1 Å². The Kier molecular flexibility index (Phi) is 4.74. The third kappa shape index (κ3) is 3.50. The highest BCUT2D eigenvalue weighted by Crippen LogP contribution is 2.28.